The summed E-state index contributed by atoms with van der Waals surface area (Å²) < 4.78 is 0. The van der Waals surface area contributed by atoms with Crippen molar-refractivity contribution in [1.29, 1.82) is 0 Å². The van der Waals surface area contributed by atoms with Gasteiger partial charge < -0.3 is 10.1 Å². The van der Waals surface area contributed by atoms with Crippen molar-refractivity contribution in [2.45, 2.75) is 32.1 Å². The van der Waals surface area contributed by atoms with Crippen LogP contribution in [0.4, 0.5) is 0 Å². The fourth-order valence-electron chi connectivity index (χ4n) is 2.48. The number of hydrogen-bond acceptors (Lipinski definition) is 3. The molecule has 0 atom stereocenters. The van der Waals surface area contributed by atoms with E-state index in [1.54, 1.807) is 0 Å². The number of H-pyrrole nitrogens is 1. The van der Waals surface area contributed by atoms with Crippen LogP contribution in [0.1, 0.15) is 35.6 Å². The maximum atomic E-state index is 12.0. The lowest BCUT2D eigenvalue weighted by Gasteiger charge is -2.07. The molecule has 20 heavy (non-hydrogen) atoms. The fourth-order valence-corrected chi connectivity index (χ4v) is 2.48. The van der Waals surface area contributed by atoms with E-state index in [0.717, 1.165) is 11.5 Å². The molecule has 0 amide bonds. The predicted molar refractivity (Wildman–Crippen MR) is 77.8 cm³/mol. The van der Waals surface area contributed by atoms with E-state index in [4.69, 9.17) is 5.11 Å². The second kappa shape index (κ2) is 5.21. The first-order valence-electron chi connectivity index (χ1n) is 7.00. The molecule has 2 N–H and O–H groups in total. The van der Waals surface area contributed by atoms with Gasteiger partial charge in [-0.1, -0.05) is 24.3 Å². The van der Waals surface area contributed by atoms with E-state index in [1.807, 2.05) is 19.1 Å². The number of nitrogens with one attached hydrogen (secondary N) is 1. The van der Waals surface area contributed by atoms with E-state index in [0.29, 0.717) is 23.5 Å². The van der Waals surface area contributed by atoms with Gasteiger partial charge in [-0.25, -0.2) is 4.98 Å². The van der Waals surface area contributed by atoms with Gasteiger partial charge in [0.2, 0.25) is 0 Å². The van der Waals surface area contributed by atoms with Crippen molar-refractivity contribution in [2.75, 3.05) is 6.61 Å². The highest BCUT2D eigenvalue weighted by Gasteiger charge is 2.23. The molecule has 104 valence electrons. The van der Waals surface area contributed by atoms with Crippen LogP contribution in [0.5, 0.6) is 0 Å². The number of aliphatic hydroxyl groups excluding tert-OH is 1. The lowest BCUT2D eigenvalue weighted by molar-refractivity contribution is 0.298. The van der Waals surface area contributed by atoms with Gasteiger partial charge in [0.05, 0.1) is 0 Å². The van der Waals surface area contributed by atoms with Crippen molar-refractivity contribution in [3.8, 4) is 11.4 Å². The third-order valence-electron chi connectivity index (χ3n) is 3.82. The summed E-state index contributed by atoms with van der Waals surface area (Å²) in [6, 6.07) is 8.25. The molecule has 1 fully saturated rings. The molecule has 0 bridgehead atoms. The molecular formula is C16H18N2O2. The Labute approximate surface area is 117 Å². The predicted octanol–water partition coefficient (Wildman–Crippen LogP) is 2.16. The number of aromatic nitrogens is 2. The Morgan fingerprint density at radius 3 is 2.55 bits per heavy atom. The third-order valence-corrected chi connectivity index (χ3v) is 3.82. The summed E-state index contributed by atoms with van der Waals surface area (Å²) in [6.07, 6.45) is 2.90. The van der Waals surface area contributed by atoms with Gasteiger partial charge in [-0.3, -0.25) is 4.79 Å². The van der Waals surface area contributed by atoms with Gasteiger partial charge in [-0.15, -0.1) is 0 Å². The zero-order valence-electron chi connectivity index (χ0n) is 11.5. The molecule has 1 saturated carbocycles. The normalized spacial score (nSPS) is 14.5. The molecule has 0 radical (unpaired) electrons. The minimum atomic E-state index is -0.159. The van der Waals surface area contributed by atoms with Crippen LogP contribution in [0.25, 0.3) is 11.4 Å². The van der Waals surface area contributed by atoms with E-state index in [2.05, 4.69) is 22.1 Å². The van der Waals surface area contributed by atoms with E-state index in [9.17, 15) is 4.79 Å². The SMILES string of the molecule is Cc1nc(-c2ccc(C3CC3)cc2)[nH]c(=O)c1CCO. The van der Waals surface area contributed by atoms with Crippen molar-refractivity contribution in [2.24, 2.45) is 0 Å². The number of rotatable bonds is 4. The average Bonchev–Trinajstić information content (AvgIpc) is 3.27. The number of aliphatic hydroxyl groups is 1. The lowest BCUT2D eigenvalue weighted by atomic mass is 10.1. The molecule has 0 unspecified atom stereocenters. The molecule has 0 spiro atoms. The highest BCUT2D eigenvalue weighted by molar-refractivity contribution is 5.56. The van der Waals surface area contributed by atoms with Gasteiger partial charge in [-0.05, 0) is 31.2 Å². The summed E-state index contributed by atoms with van der Waals surface area (Å²) in [5.41, 5.74) is 3.37. The summed E-state index contributed by atoms with van der Waals surface area (Å²) >= 11 is 0. The lowest BCUT2D eigenvalue weighted by Crippen LogP contribution is -2.18. The summed E-state index contributed by atoms with van der Waals surface area (Å²) in [4.78, 5) is 19.3. The smallest absolute Gasteiger partial charge is 0.254 e. The Bertz CT molecular complexity index is 670. The standard InChI is InChI=1S/C16H18N2O2/c1-10-14(8-9-19)16(20)18-15(17-10)13-6-4-12(5-7-13)11-2-3-11/h4-7,11,19H,2-3,8-9H2,1H3,(H,17,18,20). The zero-order chi connectivity index (χ0) is 14.1. The van der Waals surface area contributed by atoms with Gasteiger partial charge in [0, 0.05) is 29.8 Å². The number of hydrogen-bond donors (Lipinski definition) is 2. The molecule has 0 saturated heterocycles. The van der Waals surface area contributed by atoms with E-state index < -0.39 is 0 Å². The molecule has 4 nitrogen and oxygen atoms in total. The van der Waals surface area contributed by atoms with Crippen molar-refractivity contribution < 1.29 is 5.11 Å². The summed E-state index contributed by atoms with van der Waals surface area (Å²) in [7, 11) is 0. The first-order valence-corrected chi connectivity index (χ1v) is 7.00. The van der Waals surface area contributed by atoms with Gasteiger partial charge in [0.25, 0.3) is 5.56 Å². The molecule has 2 aromatic rings. The van der Waals surface area contributed by atoms with Crippen LogP contribution < -0.4 is 5.56 Å². The monoisotopic (exact) mass is 270 g/mol. The minimum Gasteiger partial charge on any atom is -0.396 e. The molecule has 1 heterocycles. The maximum absolute atomic E-state index is 12.0. The molecule has 4 heteroatoms. The number of aryl methyl sites for hydroxylation is 1. The van der Waals surface area contributed by atoms with Crippen LogP contribution in [0.2, 0.25) is 0 Å². The Balaban J connectivity index is 1.95. The number of aromatic amines is 1. The quantitative estimate of drug-likeness (QED) is 0.894. The summed E-state index contributed by atoms with van der Waals surface area (Å²) in [6.45, 7) is 1.77. The number of nitrogens with zero attached hydrogens (tertiary/aromatic N) is 1. The fraction of sp³-hybridized carbons (Fsp3) is 0.375. The molecule has 1 aromatic heterocycles. The number of benzene rings is 1. The van der Waals surface area contributed by atoms with Crippen LogP contribution in [0.3, 0.4) is 0 Å². The van der Waals surface area contributed by atoms with Crippen LogP contribution in [-0.4, -0.2) is 21.7 Å². The average molecular weight is 270 g/mol. The third kappa shape index (κ3) is 2.51. The molecule has 1 aromatic carbocycles. The van der Waals surface area contributed by atoms with Crippen molar-refractivity contribution in [3.63, 3.8) is 0 Å². The van der Waals surface area contributed by atoms with Gasteiger partial charge in [0.1, 0.15) is 5.82 Å². The van der Waals surface area contributed by atoms with Gasteiger partial charge in [0.15, 0.2) is 0 Å². The molecule has 0 aliphatic heterocycles. The Kier molecular flexibility index (Phi) is 3.40. The molecule has 3 rings (SSSR count). The second-order valence-corrected chi connectivity index (χ2v) is 5.35. The first kappa shape index (κ1) is 13.1. The highest BCUT2D eigenvalue weighted by atomic mass is 16.3. The van der Waals surface area contributed by atoms with Crippen molar-refractivity contribution in [3.05, 3.63) is 51.4 Å². The second-order valence-electron chi connectivity index (χ2n) is 5.35. The minimum absolute atomic E-state index is 0.0406. The highest BCUT2D eigenvalue weighted by Crippen LogP contribution is 2.40. The Morgan fingerprint density at radius 1 is 1.30 bits per heavy atom. The topological polar surface area (TPSA) is 66.0 Å². The molecule has 1 aliphatic rings. The van der Waals surface area contributed by atoms with Crippen molar-refractivity contribution in [1.82, 2.24) is 9.97 Å². The maximum Gasteiger partial charge on any atom is 0.254 e. The largest absolute Gasteiger partial charge is 0.396 e. The molecule has 1 aliphatic carbocycles. The van der Waals surface area contributed by atoms with E-state index >= 15 is 0 Å². The van der Waals surface area contributed by atoms with Crippen LogP contribution in [0.15, 0.2) is 29.1 Å². The first-order chi connectivity index (χ1) is 9.69. The van der Waals surface area contributed by atoms with Crippen molar-refractivity contribution >= 4 is 0 Å². The van der Waals surface area contributed by atoms with Gasteiger partial charge >= 0.3 is 0 Å². The van der Waals surface area contributed by atoms with E-state index in [-0.39, 0.29) is 12.2 Å². The van der Waals surface area contributed by atoms with Crippen LogP contribution in [-0.2, 0) is 6.42 Å². The van der Waals surface area contributed by atoms with Crippen LogP contribution >= 0.6 is 0 Å². The summed E-state index contributed by atoms with van der Waals surface area (Å²) in [5, 5.41) is 8.96. The van der Waals surface area contributed by atoms with E-state index in [1.165, 1.54) is 18.4 Å². The van der Waals surface area contributed by atoms with Gasteiger partial charge in [-0.2, -0.15) is 0 Å². The summed E-state index contributed by atoms with van der Waals surface area (Å²) in [5.74, 6) is 1.32. The molecular weight excluding hydrogens is 252 g/mol. The van der Waals surface area contributed by atoms with Crippen LogP contribution in [0, 0.1) is 6.92 Å². The Hall–Kier alpha value is -1.94. The zero-order valence-corrected chi connectivity index (χ0v) is 11.5. The Morgan fingerprint density at radius 2 is 2.00 bits per heavy atom.